The van der Waals surface area contributed by atoms with E-state index in [1.807, 2.05) is 0 Å². The van der Waals surface area contributed by atoms with E-state index in [-0.39, 0.29) is 5.54 Å². The Hall–Kier alpha value is -0.870. The molecule has 0 amide bonds. The van der Waals surface area contributed by atoms with Crippen molar-refractivity contribution in [2.75, 3.05) is 0 Å². The minimum atomic E-state index is 0.108. The van der Waals surface area contributed by atoms with E-state index in [4.69, 9.17) is 4.98 Å². The lowest BCUT2D eigenvalue weighted by Crippen LogP contribution is -2.35. The van der Waals surface area contributed by atoms with E-state index >= 15 is 0 Å². The lowest BCUT2D eigenvalue weighted by molar-refractivity contribution is 0.413. The number of imidazole rings is 1. The summed E-state index contributed by atoms with van der Waals surface area (Å²) in [5.41, 5.74) is 2.36. The SMILES string of the molecule is CCn1c(CNC(C)(C)C)nc2cc(Br)ccc21. The molecule has 0 aliphatic rings. The Bertz CT molecular complexity index is 552. The predicted octanol–water partition coefficient (Wildman–Crippen LogP) is 3.71. The molecule has 0 aliphatic heterocycles. The summed E-state index contributed by atoms with van der Waals surface area (Å²) in [5.74, 6) is 1.10. The summed E-state index contributed by atoms with van der Waals surface area (Å²) in [6, 6.07) is 6.26. The number of rotatable bonds is 3. The highest BCUT2D eigenvalue weighted by Gasteiger charge is 2.13. The molecule has 0 saturated heterocycles. The van der Waals surface area contributed by atoms with Crippen LogP contribution in [0.5, 0.6) is 0 Å². The predicted molar refractivity (Wildman–Crippen MR) is 79.7 cm³/mol. The molecule has 1 N–H and O–H groups in total. The Labute approximate surface area is 117 Å². The monoisotopic (exact) mass is 309 g/mol. The fraction of sp³-hybridized carbons (Fsp3) is 0.500. The van der Waals surface area contributed by atoms with E-state index < -0.39 is 0 Å². The molecule has 0 spiro atoms. The number of halogens is 1. The van der Waals surface area contributed by atoms with Crippen molar-refractivity contribution in [2.24, 2.45) is 0 Å². The molecule has 1 heterocycles. The van der Waals surface area contributed by atoms with Gasteiger partial charge in [-0.05, 0) is 45.9 Å². The second-order valence-electron chi connectivity index (χ2n) is 5.51. The maximum absolute atomic E-state index is 4.72. The second-order valence-corrected chi connectivity index (χ2v) is 6.42. The van der Waals surface area contributed by atoms with Crippen molar-refractivity contribution < 1.29 is 0 Å². The van der Waals surface area contributed by atoms with Crippen molar-refractivity contribution in [1.29, 1.82) is 0 Å². The molecule has 0 atom stereocenters. The topological polar surface area (TPSA) is 29.9 Å². The third-order valence-corrected chi connectivity index (χ3v) is 3.38. The van der Waals surface area contributed by atoms with Crippen LogP contribution in [0.15, 0.2) is 22.7 Å². The third kappa shape index (κ3) is 2.93. The standard InChI is InChI=1S/C14H20BrN3/c1-5-18-12-7-6-10(15)8-11(12)17-13(18)9-16-14(2,3)4/h6-8,16H,5,9H2,1-4H3. The van der Waals surface area contributed by atoms with Crippen molar-refractivity contribution >= 4 is 27.0 Å². The number of aryl methyl sites for hydroxylation is 1. The van der Waals surface area contributed by atoms with Crippen LogP contribution >= 0.6 is 15.9 Å². The van der Waals surface area contributed by atoms with Crippen molar-refractivity contribution in [3.05, 3.63) is 28.5 Å². The van der Waals surface area contributed by atoms with E-state index in [0.29, 0.717) is 0 Å². The van der Waals surface area contributed by atoms with Gasteiger partial charge in [0.25, 0.3) is 0 Å². The molecule has 0 fully saturated rings. The first-order valence-corrected chi connectivity index (χ1v) is 7.09. The zero-order valence-corrected chi connectivity index (χ0v) is 13.0. The van der Waals surface area contributed by atoms with E-state index in [9.17, 15) is 0 Å². The van der Waals surface area contributed by atoms with Gasteiger partial charge in [0.1, 0.15) is 5.82 Å². The normalized spacial score (nSPS) is 12.3. The quantitative estimate of drug-likeness (QED) is 0.936. The van der Waals surface area contributed by atoms with Gasteiger partial charge in [-0.3, -0.25) is 0 Å². The van der Waals surface area contributed by atoms with Crippen molar-refractivity contribution in [1.82, 2.24) is 14.9 Å². The minimum Gasteiger partial charge on any atom is -0.327 e. The van der Waals surface area contributed by atoms with Crippen molar-refractivity contribution in [3.8, 4) is 0 Å². The van der Waals surface area contributed by atoms with Gasteiger partial charge in [-0.25, -0.2) is 4.98 Å². The van der Waals surface area contributed by atoms with E-state index in [1.54, 1.807) is 0 Å². The molecule has 2 aromatic rings. The zero-order chi connectivity index (χ0) is 13.3. The smallest absolute Gasteiger partial charge is 0.123 e. The minimum absolute atomic E-state index is 0.108. The lowest BCUT2D eigenvalue weighted by atomic mass is 10.1. The molecule has 2 rings (SSSR count). The van der Waals surface area contributed by atoms with E-state index in [1.165, 1.54) is 5.52 Å². The highest BCUT2D eigenvalue weighted by molar-refractivity contribution is 9.10. The van der Waals surface area contributed by atoms with Crippen LogP contribution in [0.2, 0.25) is 0 Å². The van der Waals surface area contributed by atoms with Crippen LogP contribution in [0.25, 0.3) is 11.0 Å². The van der Waals surface area contributed by atoms with Gasteiger partial charge in [-0.15, -0.1) is 0 Å². The van der Waals surface area contributed by atoms with Gasteiger partial charge >= 0.3 is 0 Å². The highest BCUT2D eigenvalue weighted by atomic mass is 79.9. The number of fused-ring (bicyclic) bond motifs is 1. The molecule has 0 saturated carbocycles. The first-order valence-electron chi connectivity index (χ1n) is 6.30. The lowest BCUT2D eigenvalue weighted by Gasteiger charge is -2.20. The summed E-state index contributed by atoms with van der Waals surface area (Å²) in [5, 5.41) is 3.49. The Morgan fingerprint density at radius 1 is 1.33 bits per heavy atom. The molecule has 1 aromatic heterocycles. The van der Waals surface area contributed by atoms with Crippen LogP contribution in [0.3, 0.4) is 0 Å². The average Bonchev–Trinajstić information content (AvgIpc) is 2.62. The van der Waals surface area contributed by atoms with E-state index in [2.05, 4.69) is 71.7 Å². The van der Waals surface area contributed by atoms with Crippen LogP contribution in [0, 0.1) is 0 Å². The van der Waals surface area contributed by atoms with E-state index in [0.717, 1.165) is 28.9 Å². The van der Waals surface area contributed by atoms with Crippen LogP contribution in [0.4, 0.5) is 0 Å². The fourth-order valence-corrected chi connectivity index (χ4v) is 2.33. The Morgan fingerprint density at radius 3 is 2.67 bits per heavy atom. The highest BCUT2D eigenvalue weighted by Crippen LogP contribution is 2.21. The molecular weight excluding hydrogens is 290 g/mol. The van der Waals surface area contributed by atoms with Gasteiger partial charge in [0.05, 0.1) is 17.6 Å². The molecular formula is C14H20BrN3. The van der Waals surface area contributed by atoms with Gasteiger partial charge in [-0.2, -0.15) is 0 Å². The van der Waals surface area contributed by atoms with Gasteiger partial charge in [0, 0.05) is 16.6 Å². The molecule has 3 nitrogen and oxygen atoms in total. The number of aromatic nitrogens is 2. The summed E-state index contributed by atoms with van der Waals surface area (Å²) in [7, 11) is 0. The number of hydrogen-bond donors (Lipinski definition) is 1. The molecule has 4 heteroatoms. The summed E-state index contributed by atoms with van der Waals surface area (Å²) in [4.78, 5) is 4.72. The molecule has 18 heavy (non-hydrogen) atoms. The van der Waals surface area contributed by atoms with Crippen LogP contribution in [-0.2, 0) is 13.1 Å². The largest absolute Gasteiger partial charge is 0.327 e. The van der Waals surface area contributed by atoms with Gasteiger partial charge in [-0.1, -0.05) is 15.9 Å². The van der Waals surface area contributed by atoms with Gasteiger partial charge in [0.15, 0.2) is 0 Å². The molecule has 0 aliphatic carbocycles. The molecule has 1 aromatic carbocycles. The Balaban J connectivity index is 2.38. The molecule has 0 unspecified atom stereocenters. The number of nitrogens with zero attached hydrogens (tertiary/aromatic N) is 2. The first-order chi connectivity index (χ1) is 8.40. The Morgan fingerprint density at radius 2 is 2.06 bits per heavy atom. The number of benzene rings is 1. The van der Waals surface area contributed by atoms with Crippen molar-refractivity contribution in [2.45, 2.75) is 46.3 Å². The fourth-order valence-electron chi connectivity index (χ4n) is 1.98. The third-order valence-electron chi connectivity index (χ3n) is 2.88. The molecule has 0 radical (unpaired) electrons. The van der Waals surface area contributed by atoms with Crippen LogP contribution < -0.4 is 5.32 Å². The van der Waals surface area contributed by atoms with Crippen molar-refractivity contribution in [3.63, 3.8) is 0 Å². The average molecular weight is 310 g/mol. The molecule has 0 bridgehead atoms. The van der Waals surface area contributed by atoms with Crippen LogP contribution in [0.1, 0.15) is 33.5 Å². The van der Waals surface area contributed by atoms with Crippen LogP contribution in [-0.4, -0.2) is 15.1 Å². The summed E-state index contributed by atoms with van der Waals surface area (Å²) < 4.78 is 3.34. The number of hydrogen-bond acceptors (Lipinski definition) is 2. The Kier molecular flexibility index (Phi) is 3.78. The summed E-state index contributed by atoms with van der Waals surface area (Å²) in [6.45, 7) is 10.4. The second kappa shape index (κ2) is 5.02. The zero-order valence-electron chi connectivity index (χ0n) is 11.4. The maximum atomic E-state index is 4.72. The number of nitrogens with one attached hydrogen (secondary N) is 1. The van der Waals surface area contributed by atoms with Gasteiger partial charge < -0.3 is 9.88 Å². The maximum Gasteiger partial charge on any atom is 0.123 e. The summed E-state index contributed by atoms with van der Waals surface area (Å²) >= 11 is 3.49. The summed E-state index contributed by atoms with van der Waals surface area (Å²) in [6.07, 6.45) is 0. The first kappa shape index (κ1) is 13.6. The molecule has 98 valence electrons. The van der Waals surface area contributed by atoms with Gasteiger partial charge in [0.2, 0.25) is 0 Å².